The summed E-state index contributed by atoms with van der Waals surface area (Å²) in [6, 6.07) is 0. The lowest BCUT2D eigenvalue weighted by Crippen LogP contribution is -2.53. The number of nitrogens with two attached hydrogens (primary N) is 1. The van der Waals surface area contributed by atoms with E-state index in [1.807, 2.05) is 0 Å². The van der Waals surface area contributed by atoms with Crippen LogP contribution in [0.3, 0.4) is 0 Å². The topological polar surface area (TPSA) is 58.4 Å². The molecular weight excluding hydrogens is 190 g/mol. The molecule has 0 aromatic carbocycles. The summed E-state index contributed by atoms with van der Waals surface area (Å²) >= 11 is 0. The number of likely N-dealkylation sites (tertiary alicyclic amines) is 1. The molecule has 0 bridgehead atoms. The summed E-state index contributed by atoms with van der Waals surface area (Å²) < 4.78 is 0. The molecule has 4 heteroatoms. The molecule has 0 radical (unpaired) electrons. The van der Waals surface area contributed by atoms with E-state index in [2.05, 4.69) is 24.1 Å². The summed E-state index contributed by atoms with van der Waals surface area (Å²) in [6.45, 7) is 7.40. The Balaban J connectivity index is 2.38. The molecule has 1 heterocycles. The Labute approximate surface area is 92.2 Å². The van der Waals surface area contributed by atoms with Gasteiger partial charge < -0.3 is 11.1 Å². The van der Waals surface area contributed by atoms with Crippen LogP contribution in [0.4, 0.5) is 0 Å². The van der Waals surface area contributed by atoms with Gasteiger partial charge in [-0.3, -0.25) is 9.69 Å². The number of rotatable bonds is 4. The molecular formula is C11H23N3O. The highest BCUT2D eigenvalue weighted by atomic mass is 16.1. The van der Waals surface area contributed by atoms with Crippen molar-refractivity contribution in [3.05, 3.63) is 0 Å². The highest BCUT2D eigenvalue weighted by Gasteiger charge is 2.27. The summed E-state index contributed by atoms with van der Waals surface area (Å²) in [7, 11) is 0. The highest BCUT2D eigenvalue weighted by molar-refractivity contribution is 5.77. The number of hydrogen-bond acceptors (Lipinski definition) is 3. The molecule has 1 amide bonds. The fourth-order valence-corrected chi connectivity index (χ4v) is 2.00. The van der Waals surface area contributed by atoms with Gasteiger partial charge in [-0.05, 0) is 39.8 Å². The maximum atomic E-state index is 11.1. The summed E-state index contributed by atoms with van der Waals surface area (Å²) in [5.74, 6) is -0.0694. The van der Waals surface area contributed by atoms with Crippen molar-refractivity contribution < 1.29 is 4.79 Å². The molecule has 1 fully saturated rings. The zero-order valence-corrected chi connectivity index (χ0v) is 9.88. The van der Waals surface area contributed by atoms with Crippen molar-refractivity contribution in [2.24, 2.45) is 5.73 Å². The van der Waals surface area contributed by atoms with Gasteiger partial charge in [0.25, 0.3) is 0 Å². The number of piperidine rings is 1. The molecule has 3 N–H and O–H groups in total. The van der Waals surface area contributed by atoms with Gasteiger partial charge >= 0.3 is 0 Å². The van der Waals surface area contributed by atoms with E-state index in [4.69, 9.17) is 5.73 Å². The van der Waals surface area contributed by atoms with E-state index in [1.165, 1.54) is 19.3 Å². The molecule has 0 aromatic rings. The molecule has 4 nitrogen and oxygen atoms in total. The molecule has 0 saturated carbocycles. The summed E-state index contributed by atoms with van der Waals surface area (Å²) in [4.78, 5) is 13.5. The van der Waals surface area contributed by atoms with Gasteiger partial charge in [-0.25, -0.2) is 0 Å². The van der Waals surface area contributed by atoms with E-state index in [1.54, 1.807) is 0 Å². The quantitative estimate of drug-likeness (QED) is 0.707. The highest BCUT2D eigenvalue weighted by Crippen LogP contribution is 2.19. The van der Waals surface area contributed by atoms with Crippen molar-refractivity contribution in [2.45, 2.75) is 38.6 Å². The van der Waals surface area contributed by atoms with Crippen molar-refractivity contribution in [2.75, 3.05) is 26.2 Å². The predicted molar refractivity (Wildman–Crippen MR) is 61.6 cm³/mol. The summed E-state index contributed by atoms with van der Waals surface area (Å²) in [6.07, 6.45) is 3.88. The van der Waals surface area contributed by atoms with Crippen LogP contribution in [0.25, 0.3) is 0 Å². The van der Waals surface area contributed by atoms with E-state index < -0.39 is 0 Å². The number of nitrogens with zero attached hydrogens (tertiary/aromatic N) is 1. The van der Waals surface area contributed by atoms with E-state index in [-0.39, 0.29) is 18.0 Å². The maximum absolute atomic E-state index is 11.1. The molecule has 0 aromatic heterocycles. The number of amides is 1. The Hall–Kier alpha value is -0.610. The lowest BCUT2D eigenvalue weighted by atomic mass is 9.98. The molecule has 0 spiro atoms. The minimum absolute atomic E-state index is 0.0469. The SMILES string of the molecule is CC(C)(CNC(=O)CN)N1CCCCC1. The van der Waals surface area contributed by atoms with Crippen LogP contribution in [-0.4, -0.2) is 42.5 Å². The first-order valence-corrected chi connectivity index (χ1v) is 5.78. The van der Waals surface area contributed by atoms with Gasteiger partial charge in [0.2, 0.25) is 5.91 Å². The van der Waals surface area contributed by atoms with Crippen molar-refractivity contribution in [1.82, 2.24) is 10.2 Å². The van der Waals surface area contributed by atoms with Gasteiger partial charge in [0, 0.05) is 12.1 Å². The van der Waals surface area contributed by atoms with Crippen molar-refractivity contribution in [1.29, 1.82) is 0 Å². The van der Waals surface area contributed by atoms with E-state index >= 15 is 0 Å². The van der Waals surface area contributed by atoms with Gasteiger partial charge in [0.05, 0.1) is 6.54 Å². The van der Waals surface area contributed by atoms with Crippen LogP contribution in [0.15, 0.2) is 0 Å². The standard InChI is InChI=1S/C11H23N3O/c1-11(2,9-13-10(15)8-12)14-6-4-3-5-7-14/h3-9,12H2,1-2H3,(H,13,15). The zero-order valence-electron chi connectivity index (χ0n) is 9.88. The Bertz CT molecular complexity index is 210. The lowest BCUT2D eigenvalue weighted by Gasteiger charge is -2.41. The smallest absolute Gasteiger partial charge is 0.233 e. The molecule has 0 unspecified atom stereocenters. The first-order valence-electron chi connectivity index (χ1n) is 5.78. The summed E-state index contributed by atoms with van der Waals surface area (Å²) in [5.41, 5.74) is 5.30. The van der Waals surface area contributed by atoms with Crippen LogP contribution in [0, 0.1) is 0 Å². The van der Waals surface area contributed by atoms with Gasteiger partial charge in [-0.1, -0.05) is 6.42 Å². The van der Waals surface area contributed by atoms with Crippen LogP contribution in [0.2, 0.25) is 0 Å². The first-order chi connectivity index (χ1) is 7.06. The molecule has 1 saturated heterocycles. The third-order valence-corrected chi connectivity index (χ3v) is 3.12. The lowest BCUT2D eigenvalue weighted by molar-refractivity contribution is -0.120. The molecule has 15 heavy (non-hydrogen) atoms. The van der Waals surface area contributed by atoms with E-state index in [0.717, 1.165) is 13.1 Å². The van der Waals surface area contributed by atoms with E-state index in [9.17, 15) is 4.79 Å². The molecule has 0 atom stereocenters. The number of hydrogen-bond donors (Lipinski definition) is 2. The number of carbonyl (C=O) groups is 1. The monoisotopic (exact) mass is 213 g/mol. The second-order valence-electron chi connectivity index (χ2n) is 4.84. The van der Waals surface area contributed by atoms with Crippen molar-refractivity contribution >= 4 is 5.91 Å². The maximum Gasteiger partial charge on any atom is 0.233 e. The largest absolute Gasteiger partial charge is 0.353 e. The third-order valence-electron chi connectivity index (χ3n) is 3.12. The van der Waals surface area contributed by atoms with Crippen LogP contribution < -0.4 is 11.1 Å². The normalized spacial score (nSPS) is 18.9. The van der Waals surface area contributed by atoms with E-state index in [0.29, 0.717) is 6.54 Å². The Morgan fingerprint density at radius 2 is 1.93 bits per heavy atom. The molecule has 1 aliphatic heterocycles. The van der Waals surface area contributed by atoms with Crippen molar-refractivity contribution in [3.8, 4) is 0 Å². The second-order valence-corrected chi connectivity index (χ2v) is 4.84. The fraction of sp³-hybridized carbons (Fsp3) is 0.909. The molecule has 1 aliphatic rings. The minimum Gasteiger partial charge on any atom is -0.353 e. The van der Waals surface area contributed by atoms with Crippen molar-refractivity contribution in [3.63, 3.8) is 0 Å². The summed E-state index contributed by atoms with van der Waals surface area (Å²) in [5, 5.41) is 2.86. The fourth-order valence-electron chi connectivity index (χ4n) is 2.00. The van der Waals surface area contributed by atoms with Crippen LogP contribution >= 0.6 is 0 Å². The average Bonchev–Trinajstić information content (AvgIpc) is 2.27. The Morgan fingerprint density at radius 1 is 1.33 bits per heavy atom. The second kappa shape index (κ2) is 5.47. The Kier molecular flexibility index (Phi) is 4.54. The molecule has 1 rings (SSSR count). The molecule has 88 valence electrons. The van der Waals surface area contributed by atoms with Gasteiger partial charge in [-0.15, -0.1) is 0 Å². The van der Waals surface area contributed by atoms with Gasteiger partial charge in [-0.2, -0.15) is 0 Å². The minimum atomic E-state index is -0.0694. The average molecular weight is 213 g/mol. The molecule has 0 aliphatic carbocycles. The number of carbonyl (C=O) groups excluding carboxylic acids is 1. The van der Waals surface area contributed by atoms with Crippen LogP contribution in [0.1, 0.15) is 33.1 Å². The number of nitrogens with one attached hydrogen (secondary N) is 1. The Morgan fingerprint density at radius 3 is 2.47 bits per heavy atom. The predicted octanol–water partition coefficient (Wildman–Crippen LogP) is 0.326. The van der Waals surface area contributed by atoms with Gasteiger partial charge in [0.15, 0.2) is 0 Å². The first kappa shape index (κ1) is 12.5. The van der Waals surface area contributed by atoms with Crippen LogP contribution in [0.5, 0.6) is 0 Å². The third kappa shape index (κ3) is 3.80. The van der Waals surface area contributed by atoms with Gasteiger partial charge in [0.1, 0.15) is 0 Å². The van der Waals surface area contributed by atoms with Crippen LogP contribution in [-0.2, 0) is 4.79 Å². The zero-order chi connectivity index (χ0) is 11.3.